The van der Waals surface area contributed by atoms with Gasteiger partial charge in [0.05, 0.1) is 6.10 Å². The van der Waals surface area contributed by atoms with Crippen LogP contribution >= 0.6 is 11.8 Å². The second-order valence-corrected chi connectivity index (χ2v) is 4.63. The zero-order valence-corrected chi connectivity index (χ0v) is 9.96. The third-order valence-electron chi connectivity index (χ3n) is 2.27. The van der Waals surface area contributed by atoms with Crippen LogP contribution in [0.5, 0.6) is 0 Å². The number of hydrogen-bond acceptors (Lipinski definition) is 3. The lowest BCUT2D eigenvalue weighted by atomic mass is 10.2. The summed E-state index contributed by atoms with van der Waals surface area (Å²) in [5.74, 6) is 0.725. The van der Waals surface area contributed by atoms with Crippen LogP contribution in [0.2, 0.25) is 0 Å². The quantitative estimate of drug-likeness (QED) is 0.728. The molecular formula is C12H19NOS. The van der Waals surface area contributed by atoms with E-state index in [1.165, 1.54) is 10.5 Å². The molecule has 15 heavy (non-hydrogen) atoms. The second kappa shape index (κ2) is 6.88. The maximum absolute atomic E-state index is 9.51. The Morgan fingerprint density at radius 1 is 1.33 bits per heavy atom. The van der Waals surface area contributed by atoms with Crippen LogP contribution < -0.4 is 5.73 Å². The monoisotopic (exact) mass is 225 g/mol. The fraction of sp³-hybridized carbons (Fsp3) is 0.500. The fourth-order valence-electron chi connectivity index (χ4n) is 1.29. The van der Waals surface area contributed by atoms with Crippen LogP contribution in [0.3, 0.4) is 0 Å². The minimum absolute atomic E-state index is 0.286. The Hall–Kier alpha value is -0.510. The van der Waals surface area contributed by atoms with Gasteiger partial charge in [-0.3, -0.25) is 0 Å². The third-order valence-corrected chi connectivity index (χ3v) is 3.43. The van der Waals surface area contributed by atoms with Crippen molar-refractivity contribution in [2.45, 2.75) is 30.8 Å². The zero-order chi connectivity index (χ0) is 11.1. The number of aryl methyl sites for hydroxylation is 1. The number of benzene rings is 1. The van der Waals surface area contributed by atoms with Crippen molar-refractivity contribution in [1.82, 2.24) is 0 Å². The summed E-state index contributed by atoms with van der Waals surface area (Å²) in [6.07, 6.45) is 1.46. The molecule has 0 fully saturated rings. The Balaban J connectivity index is 2.37. The van der Waals surface area contributed by atoms with Crippen LogP contribution in [0.1, 0.15) is 18.9 Å². The van der Waals surface area contributed by atoms with E-state index in [9.17, 15) is 5.11 Å². The van der Waals surface area contributed by atoms with E-state index >= 15 is 0 Å². The second-order valence-electron chi connectivity index (χ2n) is 3.54. The van der Waals surface area contributed by atoms with E-state index in [1.807, 2.05) is 0 Å². The van der Waals surface area contributed by atoms with Crippen LogP contribution in [-0.4, -0.2) is 23.5 Å². The number of hydrogen-bond donors (Lipinski definition) is 2. The summed E-state index contributed by atoms with van der Waals surface area (Å²) in [4.78, 5) is 1.21. The minimum Gasteiger partial charge on any atom is -0.392 e. The smallest absolute Gasteiger partial charge is 0.0646 e. The van der Waals surface area contributed by atoms with Gasteiger partial charge in [0, 0.05) is 10.6 Å². The number of nitrogens with two attached hydrogens (primary N) is 1. The molecule has 1 aromatic carbocycles. The first-order chi connectivity index (χ1) is 7.26. The third kappa shape index (κ3) is 4.69. The van der Waals surface area contributed by atoms with Crippen LogP contribution in [0.15, 0.2) is 29.2 Å². The molecule has 0 spiro atoms. The average Bonchev–Trinajstić information content (AvgIpc) is 2.27. The molecule has 1 unspecified atom stereocenters. The Kier molecular flexibility index (Phi) is 5.76. The molecular weight excluding hydrogens is 206 g/mol. The summed E-state index contributed by atoms with van der Waals surface area (Å²) in [6.45, 7) is 2.70. The summed E-state index contributed by atoms with van der Waals surface area (Å²) in [5.41, 5.74) is 6.72. The molecule has 0 bridgehead atoms. The summed E-state index contributed by atoms with van der Waals surface area (Å²) in [6, 6.07) is 8.49. The van der Waals surface area contributed by atoms with E-state index in [2.05, 4.69) is 31.2 Å². The molecule has 3 heteroatoms. The number of thioether (sulfide) groups is 1. The van der Waals surface area contributed by atoms with Crippen molar-refractivity contribution >= 4 is 11.8 Å². The first-order valence-electron chi connectivity index (χ1n) is 5.36. The van der Waals surface area contributed by atoms with Gasteiger partial charge in [-0.15, -0.1) is 11.8 Å². The topological polar surface area (TPSA) is 46.2 Å². The van der Waals surface area contributed by atoms with Gasteiger partial charge in [-0.05, 0) is 37.1 Å². The molecule has 0 aliphatic carbocycles. The van der Waals surface area contributed by atoms with Crippen LogP contribution in [0.25, 0.3) is 0 Å². The molecule has 0 amide bonds. The highest BCUT2D eigenvalue weighted by molar-refractivity contribution is 7.99. The zero-order valence-electron chi connectivity index (χ0n) is 9.15. The molecule has 1 rings (SSSR count). The van der Waals surface area contributed by atoms with Gasteiger partial charge in [0.15, 0.2) is 0 Å². The average molecular weight is 225 g/mol. The van der Waals surface area contributed by atoms with Crippen molar-refractivity contribution in [3.63, 3.8) is 0 Å². The summed E-state index contributed by atoms with van der Waals surface area (Å²) in [5, 5.41) is 9.51. The standard InChI is InChI=1S/C12H19NOS/c1-2-10-3-5-12(6-4-10)15-9-11(14)7-8-13/h3-6,11,14H,2,7-9,13H2,1H3. The van der Waals surface area contributed by atoms with Gasteiger partial charge in [-0.25, -0.2) is 0 Å². The van der Waals surface area contributed by atoms with E-state index in [1.54, 1.807) is 11.8 Å². The highest BCUT2D eigenvalue weighted by atomic mass is 32.2. The first-order valence-corrected chi connectivity index (χ1v) is 6.34. The largest absolute Gasteiger partial charge is 0.392 e. The van der Waals surface area contributed by atoms with Crippen molar-refractivity contribution in [2.75, 3.05) is 12.3 Å². The molecule has 3 N–H and O–H groups in total. The Labute approximate surface area is 95.9 Å². The number of rotatable bonds is 6. The SMILES string of the molecule is CCc1ccc(SCC(O)CCN)cc1. The molecule has 0 radical (unpaired) electrons. The van der Waals surface area contributed by atoms with Crippen LogP contribution in [0.4, 0.5) is 0 Å². The minimum atomic E-state index is -0.286. The van der Waals surface area contributed by atoms with Gasteiger partial charge >= 0.3 is 0 Å². The Morgan fingerprint density at radius 3 is 2.53 bits per heavy atom. The Bertz CT molecular complexity index is 273. The molecule has 84 valence electrons. The summed E-state index contributed by atoms with van der Waals surface area (Å²) >= 11 is 1.68. The number of aliphatic hydroxyl groups excluding tert-OH is 1. The van der Waals surface area contributed by atoms with Crippen LogP contribution in [-0.2, 0) is 6.42 Å². The lowest BCUT2D eigenvalue weighted by Crippen LogP contribution is -2.15. The molecule has 0 saturated carbocycles. The van der Waals surface area contributed by atoms with E-state index in [4.69, 9.17) is 5.73 Å². The molecule has 0 saturated heterocycles. The van der Waals surface area contributed by atoms with Crippen molar-refractivity contribution in [1.29, 1.82) is 0 Å². The number of aliphatic hydroxyl groups is 1. The molecule has 0 aromatic heterocycles. The maximum Gasteiger partial charge on any atom is 0.0646 e. The summed E-state index contributed by atoms with van der Waals surface area (Å²) in [7, 11) is 0. The normalized spacial score (nSPS) is 12.7. The molecule has 2 nitrogen and oxygen atoms in total. The van der Waals surface area contributed by atoms with Crippen molar-refractivity contribution in [3.05, 3.63) is 29.8 Å². The first kappa shape index (κ1) is 12.6. The molecule has 0 heterocycles. The molecule has 1 atom stereocenters. The predicted octanol–water partition coefficient (Wildman–Crippen LogP) is 2.05. The van der Waals surface area contributed by atoms with E-state index in [0.29, 0.717) is 13.0 Å². The van der Waals surface area contributed by atoms with E-state index < -0.39 is 0 Å². The maximum atomic E-state index is 9.51. The van der Waals surface area contributed by atoms with Gasteiger partial charge in [-0.2, -0.15) is 0 Å². The molecule has 0 aliphatic heterocycles. The molecule has 1 aromatic rings. The lowest BCUT2D eigenvalue weighted by molar-refractivity contribution is 0.192. The van der Waals surface area contributed by atoms with Gasteiger partial charge in [0.1, 0.15) is 0 Å². The van der Waals surface area contributed by atoms with Gasteiger partial charge < -0.3 is 10.8 Å². The van der Waals surface area contributed by atoms with Crippen molar-refractivity contribution in [3.8, 4) is 0 Å². The highest BCUT2D eigenvalue weighted by Gasteiger charge is 2.03. The highest BCUT2D eigenvalue weighted by Crippen LogP contribution is 2.20. The fourth-order valence-corrected chi connectivity index (χ4v) is 2.17. The van der Waals surface area contributed by atoms with Gasteiger partial charge in [-0.1, -0.05) is 19.1 Å². The van der Waals surface area contributed by atoms with E-state index in [0.717, 1.165) is 12.2 Å². The van der Waals surface area contributed by atoms with Crippen LogP contribution in [0, 0.1) is 0 Å². The van der Waals surface area contributed by atoms with Gasteiger partial charge in [0.2, 0.25) is 0 Å². The van der Waals surface area contributed by atoms with E-state index in [-0.39, 0.29) is 6.10 Å². The summed E-state index contributed by atoms with van der Waals surface area (Å²) < 4.78 is 0. The Morgan fingerprint density at radius 2 is 2.00 bits per heavy atom. The van der Waals surface area contributed by atoms with Crippen molar-refractivity contribution in [2.24, 2.45) is 5.73 Å². The van der Waals surface area contributed by atoms with Crippen molar-refractivity contribution < 1.29 is 5.11 Å². The van der Waals surface area contributed by atoms with Gasteiger partial charge in [0.25, 0.3) is 0 Å². The molecule has 0 aliphatic rings. The lowest BCUT2D eigenvalue weighted by Gasteiger charge is -2.08. The predicted molar refractivity (Wildman–Crippen MR) is 66.2 cm³/mol.